The van der Waals surface area contributed by atoms with Gasteiger partial charge in [0.1, 0.15) is 5.82 Å². The Bertz CT molecular complexity index is 445. The van der Waals surface area contributed by atoms with Crippen molar-refractivity contribution < 1.29 is 9.18 Å². The van der Waals surface area contributed by atoms with Crippen molar-refractivity contribution in [3.05, 3.63) is 34.1 Å². The van der Waals surface area contributed by atoms with E-state index in [4.69, 9.17) is 11.6 Å². The number of hydrogen-bond acceptors (Lipinski definition) is 2. The Hall–Kier alpha value is -0.540. The number of fused-ring (bicyclic) bond motifs is 1. The fourth-order valence-corrected chi connectivity index (χ4v) is 3.54. The molecule has 16 heavy (non-hydrogen) atoms. The number of carbonyl (C=O) groups excluding carboxylic acids is 1. The van der Waals surface area contributed by atoms with Gasteiger partial charge in [-0.25, -0.2) is 4.39 Å². The van der Waals surface area contributed by atoms with Gasteiger partial charge in [-0.2, -0.15) is 0 Å². The van der Waals surface area contributed by atoms with Gasteiger partial charge < -0.3 is 0 Å². The Kier molecular flexibility index (Phi) is 3.27. The first-order valence-corrected chi connectivity index (χ1v) is 6.57. The maximum atomic E-state index is 13.2. The summed E-state index contributed by atoms with van der Waals surface area (Å²) in [7, 11) is 0. The summed E-state index contributed by atoms with van der Waals surface area (Å²) in [5.74, 6) is 0.505. The minimum atomic E-state index is -0.438. The second-order valence-electron chi connectivity index (χ2n) is 4.25. The summed E-state index contributed by atoms with van der Waals surface area (Å²) in [5, 5.41) is 0.281. The number of benzene rings is 1. The molecule has 1 unspecified atom stereocenters. The highest BCUT2D eigenvalue weighted by Crippen LogP contribution is 2.37. The van der Waals surface area contributed by atoms with Crippen LogP contribution in [-0.4, -0.2) is 11.0 Å². The van der Waals surface area contributed by atoms with Gasteiger partial charge in [0, 0.05) is 16.3 Å². The molecule has 1 heterocycles. The van der Waals surface area contributed by atoms with Crippen LogP contribution >= 0.6 is 23.4 Å². The van der Waals surface area contributed by atoms with Crippen molar-refractivity contribution in [3.8, 4) is 0 Å². The lowest BCUT2D eigenvalue weighted by atomic mass is 9.96. The number of hydrogen-bond donors (Lipinski definition) is 0. The van der Waals surface area contributed by atoms with Crippen LogP contribution in [0.3, 0.4) is 0 Å². The Morgan fingerprint density at radius 1 is 1.50 bits per heavy atom. The summed E-state index contributed by atoms with van der Waals surface area (Å²) in [6.45, 7) is 4.00. The largest absolute Gasteiger partial charge is 0.293 e. The highest BCUT2D eigenvalue weighted by molar-refractivity contribution is 8.00. The molecule has 0 N–H and O–H groups in total. The van der Waals surface area contributed by atoms with Crippen molar-refractivity contribution in [2.24, 2.45) is 5.92 Å². The molecule has 1 aliphatic rings. The predicted molar refractivity (Wildman–Crippen MR) is 65.7 cm³/mol. The average molecular weight is 259 g/mol. The van der Waals surface area contributed by atoms with E-state index in [2.05, 4.69) is 0 Å². The number of halogens is 2. The molecular formula is C12H12ClFOS. The van der Waals surface area contributed by atoms with E-state index in [0.29, 0.717) is 16.3 Å². The second kappa shape index (κ2) is 4.38. The van der Waals surface area contributed by atoms with Crippen molar-refractivity contribution in [1.82, 2.24) is 0 Å². The third kappa shape index (κ3) is 1.98. The number of carbonyl (C=O) groups is 1. The fraction of sp³-hybridized carbons (Fsp3) is 0.417. The van der Waals surface area contributed by atoms with E-state index in [1.807, 2.05) is 13.8 Å². The molecule has 0 saturated carbocycles. The summed E-state index contributed by atoms with van der Waals surface area (Å²) >= 11 is 7.52. The Labute approximate surface area is 103 Å². The molecule has 1 aromatic rings. The summed E-state index contributed by atoms with van der Waals surface area (Å²) in [6.07, 6.45) is 0. The van der Waals surface area contributed by atoms with Gasteiger partial charge in [-0.1, -0.05) is 25.4 Å². The van der Waals surface area contributed by atoms with Crippen LogP contribution in [0, 0.1) is 11.7 Å². The van der Waals surface area contributed by atoms with Crippen molar-refractivity contribution >= 4 is 29.1 Å². The first kappa shape index (κ1) is 11.9. The van der Waals surface area contributed by atoms with Gasteiger partial charge in [-0.05, 0) is 23.6 Å². The summed E-state index contributed by atoms with van der Waals surface area (Å²) in [4.78, 5) is 12.1. The van der Waals surface area contributed by atoms with Gasteiger partial charge in [0.2, 0.25) is 0 Å². The predicted octanol–water partition coefficient (Wildman–Crippen LogP) is 3.93. The minimum Gasteiger partial charge on any atom is -0.293 e. The lowest BCUT2D eigenvalue weighted by Gasteiger charge is -2.26. The number of ketones is 1. The molecule has 0 aromatic heterocycles. The number of thioether (sulfide) groups is 1. The highest BCUT2D eigenvalue weighted by atomic mass is 35.5. The fourth-order valence-electron chi connectivity index (χ4n) is 1.87. The van der Waals surface area contributed by atoms with E-state index in [9.17, 15) is 9.18 Å². The molecule has 0 fully saturated rings. The van der Waals surface area contributed by atoms with Gasteiger partial charge in [-0.3, -0.25) is 4.79 Å². The van der Waals surface area contributed by atoms with E-state index in [0.717, 1.165) is 5.56 Å². The monoisotopic (exact) mass is 258 g/mol. The Balaban J connectivity index is 2.48. The molecule has 1 aromatic carbocycles. The lowest BCUT2D eigenvalue weighted by Crippen LogP contribution is -2.28. The van der Waals surface area contributed by atoms with Gasteiger partial charge in [0.15, 0.2) is 5.78 Å². The topological polar surface area (TPSA) is 17.1 Å². The maximum absolute atomic E-state index is 13.2. The van der Waals surface area contributed by atoms with Crippen LogP contribution in [0.25, 0.3) is 0 Å². The van der Waals surface area contributed by atoms with E-state index < -0.39 is 5.82 Å². The van der Waals surface area contributed by atoms with Crippen LogP contribution in [-0.2, 0) is 5.75 Å². The second-order valence-corrected chi connectivity index (χ2v) is 5.79. The van der Waals surface area contributed by atoms with Crippen LogP contribution in [0.2, 0.25) is 5.02 Å². The summed E-state index contributed by atoms with van der Waals surface area (Å²) in [6, 6.07) is 2.57. The zero-order valence-electron chi connectivity index (χ0n) is 9.09. The first-order valence-electron chi connectivity index (χ1n) is 5.14. The van der Waals surface area contributed by atoms with Gasteiger partial charge >= 0.3 is 0 Å². The number of rotatable bonds is 1. The number of Topliss-reactive ketones (excluding diaryl/α,β-unsaturated/α-hetero) is 1. The molecule has 1 nitrogen and oxygen atoms in total. The third-order valence-corrected chi connectivity index (χ3v) is 4.61. The van der Waals surface area contributed by atoms with Crippen LogP contribution in [0.5, 0.6) is 0 Å². The van der Waals surface area contributed by atoms with Gasteiger partial charge in [0.05, 0.1) is 5.25 Å². The Morgan fingerprint density at radius 3 is 2.81 bits per heavy atom. The summed E-state index contributed by atoms with van der Waals surface area (Å²) < 4.78 is 13.2. The van der Waals surface area contributed by atoms with Crippen molar-refractivity contribution in [2.75, 3.05) is 0 Å². The van der Waals surface area contributed by atoms with Crippen LogP contribution in [0.1, 0.15) is 29.8 Å². The minimum absolute atomic E-state index is 0.00245. The third-order valence-electron chi connectivity index (χ3n) is 2.70. The lowest BCUT2D eigenvalue weighted by molar-refractivity contribution is 0.0972. The van der Waals surface area contributed by atoms with Crippen molar-refractivity contribution in [1.29, 1.82) is 0 Å². The molecule has 0 radical (unpaired) electrons. The van der Waals surface area contributed by atoms with Crippen LogP contribution < -0.4 is 0 Å². The molecular weight excluding hydrogens is 247 g/mol. The van der Waals surface area contributed by atoms with Crippen molar-refractivity contribution in [3.63, 3.8) is 0 Å². The molecule has 0 aliphatic carbocycles. The van der Waals surface area contributed by atoms with Gasteiger partial charge in [-0.15, -0.1) is 11.8 Å². The van der Waals surface area contributed by atoms with E-state index in [1.165, 1.54) is 12.1 Å². The maximum Gasteiger partial charge on any atom is 0.176 e. The highest BCUT2D eigenvalue weighted by Gasteiger charge is 2.31. The molecule has 4 heteroatoms. The van der Waals surface area contributed by atoms with Gasteiger partial charge in [0.25, 0.3) is 0 Å². The molecule has 1 atom stereocenters. The Morgan fingerprint density at radius 2 is 2.19 bits per heavy atom. The van der Waals surface area contributed by atoms with E-state index in [1.54, 1.807) is 11.8 Å². The van der Waals surface area contributed by atoms with E-state index in [-0.39, 0.29) is 17.0 Å². The zero-order chi connectivity index (χ0) is 11.9. The van der Waals surface area contributed by atoms with E-state index >= 15 is 0 Å². The quantitative estimate of drug-likeness (QED) is 0.759. The molecule has 1 aliphatic heterocycles. The normalized spacial score (nSPS) is 20.1. The van der Waals surface area contributed by atoms with Crippen LogP contribution in [0.15, 0.2) is 12.1 Å². The summed E-state index contributed by atoms with van der Waals surface area (Å²) in [5.41, 5.74) is 1.23. The molecule has 86 valence electrons. The molecule has 0 spiro atoms. The van der Waals surface area contributed by atoms with Crippen LogP contribution in [0.4, 0.5) is 4.39 Å². The molecule has 2 rings (SSSR count). The van der Waals surface area contributed by atoms with Crippen molar-refractivity contribution in [2.45, 2.75) is 24.9 Å². The molecule has 0 bridgehead atoms. The molecule has 0 amide bonds. The smallest absolute Gasteiger partial charge is 0.176 e. The average Bonchev–Trinajstić information content (AvgIpc) is 2.19. The molecule has 0 saturated heterocycles. The zero-order valence-corrected chi connectivity index (χ0v) is 10.7. The SMILES string of the molecule is CC(C)C1SCc2c(Cl)cc(F)cc2C1=O. The first-order chi connectivity index (χ1) is 7.50. The standard InChI is InChI=1S/C12H12ClFOS/c1-6(2)12-11(15)8-3-7(14)4-10(13)9(8)5-16-12/h3-4,6,12H,5H2,1-2H3.